The Morgan fingerprint density at radius 2 is 1.76 bits per heavy atom. The van der Waals surface area contributed by atoms with Gasteiger partial charge in [0.25, 0.3) is 5.91 Å². The molecule has 11 heteroatoms. The van der Waals surface area contributed by atoms with E-state index >= 15 is 0 Å². The molecule has 3 heterocycles. The number of carbonyl (C=O) groups is 2. The van der Waals surface area contributed by atoms with E-state index in [-0.39, 0.29) is 41.4 Å². The number of H-pyrrole nitrogens is 1. The van der Waals surface area contributed by atoms with Gasteiger partial charge in [-0.25, -0.2) is 8.42 Å². The number of sulfonamides is 1. The highest BCUT2D eigenvalue weighted by Gasteiger charge is 2.30. The van der Waals surface area contributed by atoms with Crippen LogP contribution in [0.25, 0.3) is 10.9 Å². The maximum absolute atomic E-state index is 13.6. The lowest BCUT2D eigenvalue weighted by atomic mass is 10.1. The van der Waals surface area contributed by atoms with E-state index in [2.05, 4.69) is 10.3 Å². The molecule has 0 atom stereocenters. The minimum Gasteiger partial charge on any atom is -0.379 e. The van der Waals surface area contributed by atoms with Gasteiger partial charge in [-0.1, -0.05) is 12.1 Å². The molecule has 0 aliphatic carbocycles. The number of morpholine rings is 1. The summed E-state index contributed by atoms with van der Waals surface area (Å²) >= 11 is 0. The standard InChI is InChI=1S/C22H20N4O6S/c27-20-12-16(22(29)26-13-21(28)24-18-3-1-2-4-19(18)26)15-11-14(5-6-17(15)23-20)33(30,31)25-7-9-32-10-8-25/h1-6,11-12H,7-10,13H2,(H,23,27)(H,24,28). The fraction of sp³-hybridized carbons (Fsp3) is 0.227. The first-order chi connectivity index (χ1) is 15.8. The second-order valence-electron chi connectivity index (χ2n) is 7.73. The lowest BCUT2D eigenvalue weighted by Crippen LogP contribution is -2.42. The van der Waals surface area contributed by atoms with Crippen molar-refractivity contribution in [1.29, 1.82) is 0 Å². The van der Waals surface area contributed by atoms with Crippen molar-refractivity contribution in [3.05, 3.63) is 64.4 Å². The second kappa shape index (κ2) is 8.10. The van der Waals surface area contributed by atoms with Crippen LogP contribution in [0.5, 0.6) is 0 Å². The Bertz CT molecular complexity index is 1440. The summed E-state index contributed by atoms with van der Waals surface area (Å²) in [5, 5.41) is 2.99. The minimum atomic E-state index is -3.82. The van der Waals surface area contributed by atoms with E-state index in [1.165, 1.54) is 27.4 Å². The second-order valence-corrected chi connectivity index (χ2v) is 9.67. The topological polar surface area (TPSA) is 129 Å². The summed E-state index contributed by atoms with van der Waals surface area (Å²) in [6.45, 7) is 0.853. The Labute approximate surface area is 188 Å². The first kappa shape index (κ1) is 21.3. The summed E-state index contributed by atoms with van der Waals surface area (Å²) in [7, 11) is -3.82. The first-order valence-corrected chi connectivity index (χ1v) is 11.7. The lowest BCUT2D eigenvalue weighted by Gasteiger charge is -2.29. The van der Waals surface area contributed by atoms with Crippen molar-refractivity contribution in [1.82, 2.24) is 9.29 Å². The van der Waals surface area contributed by atoms with Gasteiger partial charge in [0.15, 0.2) is 0 Å². The Balaban J connectivity index is 1.63. The number of hydrogen-bond acceptors (Lipinski definition) is 6. The van der Waals surface area contributed by atoms with Crippen LogP contribution in [0.1, 0.15) is 10.4 Å². The van der Waals surface area contributed by atoms with Crippen LogP contribution in [0.2, 0.25) is 0 Å². The predicted octanol–water partition coefficient (Wildman–Crippen LogP) is 1.15. The molecular weight excluding hydrogens is 448 g/mol. The van der Waals surface area contributed by atoms with Crippen LogP contribution >= 0.6 is 0 Å². The van der Waals surface area contributed by atoms with Crippen molar-refractivity contribution < 1.29 is 22.7 Å². The number of nitrogens with one attached hydrogen (secondary N) is 2. The number of aromatic nitrogens is 1. The molecule has 10 nitrogen and oxygen atoms in total. The molecule has 5 rings (SSSR count). The molecule has 0 spiro atoms. The minimum absolute atomic E-state index is 0.00906. The lowest BCUT2D eigenvalue weighted by molar-refractivity contribution is -0.115. The molecule has 2 amide bonds. The van der Waals surface area contributed by atoms with Crippen LogP contribution in [0.4, 0.5) is 11.4 Å². The third-order valence-electron chi connectivity index (χ3n) is 5.67. The normalized spacial score (nSPS) is 17.0. The first-order valence-electron chi connectivity index (χ1n) is 10.3. The number of anilines is 2. The van der Waals surface area contributed by atoms with E-state index in [0.29, 0.717) is 30.1 Å². The highest BCUT2D eigenvalue weighted by atomic mass is 32.2. The SMILES string of the molecule is O=C1CN(C(=O)c2cc(=O)[nH]c3ccc(S(=O)(=O)N4CCOCC4)cc23)c2ccccc2N1. The highest BCUT2D eigenvalue weighted by Crippen LogP contribution is 2.31. The average Bonchev–Trinajstić information content (AvgIpc) is 2.82. The van der Waals surface area contributed by atoms with E-state index in [0.717, 1.165) is 6.07 Å². The zero-order chi connectivity index (χ0) is 23.2. The number of hydrogen-bond donors (Lipinski definition) is 2. The van der Waals surface area contributed by atoms with Gasteiger partial charge in [-0.15, -0.1) is 0 Å². The number of aromatic amines is 1. The zero-order valence-corrected chi connectivity index (χ0v) is 18.2. The number of para-hydroxylation sites is 2. The summed E-state index contributed by atoms with van der Waals surface area (Å²) in [5.41, 5.74) is 0.794. The molecule has 1 aromatic heterocycles. The summed E-state index contributed by atoms with van der Waals surface area (Å²) in [6.07, 6.45) is 0. The summed E-state index contributed by atoms with van der Waals surface area (Å²) < 4.78 is 32.8. The van der Waals surface area contributed by atoms with Crippen molar-refractivity contribution in [3.8, 4) is 0 Å². The highest BCUT2D eigenvalue weighted by molar-refractivity contribution is 7.89. The number of benzene rings is 2. The molecule has 170 valence electrons. The van der Waals surface area contributed by atoms with Gasteiger partial charge < -0.3 is 15.0 Å². The van der Waals surface area contributed by atoms with Crippen molar-refractivity contribution >= 4 is 44.1 Å². The van der Waals surface area contributed by atoms with Crippen LogP contribution in [0.15, 0.2) is 58.2 Å². The van der Waals surface area contributed by atoms with Crippen LogP contribution in [-0.4, -0.2) is 62.4 Å². The number of carbonyl (C=O) groups excluding carboxylic acids is 2. The molecule has 33 heavy (non-hydrogen) atoms. The van der Waals surface area contributed by atoms with Crippen LogP contribution in [0.3, 0.4) is 0 Å². The third-order valence-corrected chi connectivity index (χ3v) is 7.56. The molecular formula is C22H20N4O6S. The smallest absolute Gasteiger partial charge is 0.259 e. The van der Waals surface area contributed by atoms with E-state index in [4.69, 9.17) is 4.74 Å². The Hall–Kier alpha value is -3.54. The number of nitrogens with zero attached hydrogens (tertiary/aromatic N) is 2. The quantitative estimate of drug-likeness (QED) is 0.593. The molecule has 0 unspecified atom stereocenters. The number of rotatable bonds is 3. The molecule has 2 N–H and O–H groups in total. The molecule has 2 aromatic carbocycles. The van der Waals surface area contributed by atoms with Gasteiger partial charge in [0.2, 0.25) is 21.5 Å². The predicted molar refractivity (Wildman–Crippen MR) is 121 cm³/mol. The Morgan fingerprint density at radius 1 is 1.00 bits per heavy atom. The van der Waals surface area contributed by atoms with Crippen molar-refractivity contribution in [3.63, 3.8) is 0 Å². The molecule has 1 saturated heterocycles. The van der Waals surface area contributed by atoms with Gasteiger partial charge in [0.1, 0.15) is 6.54 Å². The Morgan fingerprint density at radius 3 is 2.55 bits per heavy atom. The molecule has 3 aromatic rings. The number of ether oxygens (including phenoxy) is 1. The van der Waals surface area contributed by atoms with Gasteiger partial charge in [-0.3, -0.25) is 19.3 Å². The number of pyridine rings is 1. The van der Waals surface area contributed by atoms with E-state index in [1.54, 1.807) is 24.3 Å². The molecule has 2 aliphatic rings. The maximum Gasteiger partial charge on any atom is 0.259 e. The van der Waals surface area contributed by atoms with E-state index in [1.807, 2.05) is 0 Å². The zero-order valence-electron chi connectivity index (χ0n) is 17.4. The van der Waals surface area contributed by atoms with Gasteiger partial charge in [0, 0.05) is 30.1 Å². The van der Waals surface area contributed by atoms with E-state index in [9.17, 15) is 22.8 Å². The Kier molecular flexibility index (Phi) is 5.23. The van der Waals surface area contributed by atoms with Gasteiger partial charge in [-0.2, -0.15) is 4.31 Å². The van der Waals surface area contributed by atoms with Crippen molar-refractivity contribution in [2.75, 3.05) is 43.1 Å². The monoisotopic (exact) mass is 468 g/mol. The van der Waals surface area contributed by atoms with Gasteiger partial charge >= 0.3 is 0 Å². The van der Waals surface area contributed by atoms with Gasteiger partial charge in [0.05, 0.1) is 35.0 Å². The fourth-order valence-corrected chi connectivity index (χ4v) is 5.50. The maximum atomic E-state index is 13.6. The third kappa shape index (κ3) is 3.80. The van der Waals surface area contributed by atoms with Crippen molar-refractivity contribution in [2.24, 2.45) is 0 Å². The fourth-order valence-electron chi connectivity index (χ4n) is 4.07. The molecule has 0 radical (unpaired) electrons. The molecule has 0 saturated carbocycles. The van der Waals surface area contributed by atoms with Crippen LogP contribution in [-0.2, 0) is 19.6 Å². The van der Waals surface area contributed by atoms with Crippen LogP contribution in [0, 0.1) is 0 Å². The largest absolute Gasteiger partial charge is 0.379 e. The van der Waals surface area contributed by atoms with Crippen LogP contribution < -0.4 is 15.8 Å². The summed E-state index contributed by atoms with van der Waals surface area (Å²) in [6, 6.07) is 12.2. The summed E-state index contributed by atoms with van der Waals surface area (Å²) in [5.74, 6) is -0.943. The molecule has 1 fully saturated rings. The summed E-state index contributed by atoms with van der Waals surface area (Å²) in [4.78, 5) is 42.0. The molecule has 2 aliphatic heterocycles. The number of amides is 2. The van der Waals surface area contributed by atoms with E-state index < -0.39 is 21.5 Å². The van der Waals surface area contributed by atoms with Gasteiger partial charge in [-0.05, 0) is 30.3 Å². The number of fused-ring (bicyclic) bond motifs is 2. The average molecular weight is 468 g/mol. The van der Waals surface area contributed by atoms with Crippen molar-refractivity contribution in [2.45, 2.75) is 4.90 Å². The molecule has 0 bridgehead atoms.